The quantitative estimate of drug-likeness (QED) is 0.0261. The summed E-state index contributed by atoms with van der Waals surface area (Å²) in [5, 5.41) is 54.8. The summed E-state index contributed by atoms with van der Waals surface area (Å²) < 4.78 is 11.3. The molecule has 1 rings (SSSR count). The molecule has 1 aliphatic rings. The lowest BCUT2D eigenvalue weighted by Crippen LogP contribution is -2.60. The molecule has 9 heteroatoms. The highest BCUT2D eigenvalue weighted by molar-refractivity contribution is 5.76. The smallest absolute Gasteiger partial charge is 0.220 e. The van der Waals surface area contributed by atoms with Crippen molar-refractivity contribution in [2.75, 3.05) is 13.2 Å². The van der Waals surface area contributed by atoms with Gasteiger partial charge in [-0.25, -0.2) is 0 Å². The van der Waals surface area contributed by atoms with E-state index in [0.29, 0.717) is 12.8 Å². The summed E-state index contributed by atoms with van der Waals surface area (Å²) in [7, 11) is 0. The molecule has 0 aromatic rings. The van der Waals surface area contributed by atoms with Crippen LogP contribution < -0.4 is 5.32 Å². The van der Waals surface area contributed by atoms with E-state index in [2.05, 4.69) is 43.5 Å². The SMILES string of the molecule is CCCCCCCCCCC/C=C\C/C=C\CCCCCCCCCCCCCCCCCC(=O)NC(COC1OC(CO)C(O)C(O)C1O)C(O)CCCCCCCCCCCCCCCCCCCCCC. The zero-order valence-corrected chi connectivity index (χ0v) is 48.9. The second-order valence-electron chi connectivity index (χ2n) is 22.9. The number of amides is 1. The number of hydrogen-bond acceptors (Lipinski definition) is 8. The van der Waals surface area contributed by atoms with Crippen LogP contribution in [0.2, 0.25) is 0 Å². The molecule has 9 nitrogen and oxygen atoms in total. The average molecular weight is 1050 g/mol. The molecule has 1 heterocycles. The van der Waals surface area contributed by atoms with Crippen LogP contribution in [0.3, 0.4) is 0 Å². The van der Waals surface area contributed by atoms with Crippen LogP contribution in [0, 0.1) is 0 Å². The van der Waals surface area contributed by atoms with Gasteiger partial charge in [-0.3, -0.25) is 4.79 Å². The van der Waals surface area contributed by atoms with Crippen LogP contribution in [-0.4, -0.2) is 87.5 Å². The van der Waals surface area contributed by atoms with Crippen LogP contribution in [0.4, 0.5) is 0 Å². The van der Waals surface area contributed by atoms with E-state index in [0.717, 1.165) is 44.9 Å². The van der Waals surface area contributed by atoms with Crippen molar-refractivity contribution in [3.05, 3.63) is 24.3 Å². The Morgan fingerprint density at radius 2 is 0.797 bits per heavy atom. The number of nitrogens with one attached hydrogen (secondary N) is 1. The minimum Gasteiger partial charge on any atom is -0.394 e. The maximum atomic E-state index is 13.1. The highest BCUT2D eigenvalue weighted by Gasteiger charge is 2.44. The topological polar surface area (TPSA) is 149 Å². The van der Waals surface area contributed by atoms with Gasteiger partial charge in [0.15, 0.2) is 6.29 Å². The number of carbonyl (C=O) groups is 1. The largest absolute Gasteiger partial charge is 0.394 e. The van der Waals surface area contributed by atoms with E-state index < -0.39 is 49.5 Å². The van der Waals surface area contributed by atoms with Crippen molar-refractivity contribution < 1.29 is 39.8 Å². The van der Waals surface area contributed by atoms with Gasteiger partial charge >= 0.3 is 0 Å². The average Bonchev–Trinajstić information content (AvgIpc) is 3.40. The number of rotatable bonds is 57. The summed E-state index contributed by atoms with van der Waals surface area (Å²) >= 11 is 0. The monoisotopic (exact) mass is 1050 g/mol. The lowest BCUT2D eigenvalue weighted by Gasteiger charge is -2.40. The Morgan fingerprint density at radius 1 is 0.459 bits per heavy atom. The molecule has 1 aliphatic heterocycles. The fourth-order valence-electron chi connectivity index (χ4n) is 10.7. The fraction of sp³-hybridized carbons (Fsp3) is 0.923. The molecule has 0 saturated carbocycles. The number of aliphatic hydroxyl groups is 5. The number of ether oxygens (including phenoxy) is 2. The molecule has 6 N–H and O–H groups in total. The summed E-state index contributed by atoms with van der Waals surface area (Å²) in [6.07, 6.45) is 63.7. The van der Waals surface area contributed by atoms with Gasteiger partial charge in [0.25, 0.3) is 0 Å². The van der Waals surface area contributed by atoms with Crippen molar-refractivity contribution >= 4 is 5.91 Å². The van der Waals surface area contributed by atoms with Crippen LogP contribution in [-0.2, 0) is 14.3 Å². The second kappa shape index (κ2) is 55.0. The van der Waals surface area contributed by atoms with Gasteiger partial charge in [-0.15, -0.1) is 0 Å². The Labute approximate surface area is 458 Å². The van der Waals surface area contributed by atoms with Crippen LogP contribution >= 0.6 is 0 Å². The van der Waals surface area contributed by atoms with Gasteiger partial charge in [-0.2, -0.15) is 0 Å². The third-order valence-electron chi connectivity index (χ3n) is 15.8. The predicted molar refractivity (Wildman–Crippen MR) is 314 cm³/mol. The number of allylic oxidation sites excluding steroid dienone is 4. The lowest BCUT2D eigenvalue weighted by molar-refractivity contribution is -0.302. The third kappa shape index (κ3) is 43.6. The fourth-order valence-corrected chi connectivity index (χ4v) is 10.7. The minimum absolute atomic E-state index is 0.134. The predicted octanol–water partition coefficient (Wildman–Crippen LogP) is 16.9. The third-order valence-corrected chi connectivity index (χ3v) is 15.8. The van der Waals surface area contributed by atoms with Crippen LogP contribution in [0.1, 0.15) is 328 Å². The first-order valence-corrected chi connectivity index (χ1v) is 32.5. The molecule has 0 radical (unpaired) electrons. The molecule has 7 atom stereocenters. The summed E-state index contributed by atoms with van der Waals surface area (Å²) in [6, 6.07) is -0.718. The molecule has 74 heavy (non-hydrogen) atoms. The molecule has 1 saturated heterocycles. The molecule has 1 amide bonds. The molecule has 0 aromatic heterocycles. The van der Waals surface area contributed by atoms with E-state index in [4.69, 9.17) is 9.47 Å². The normalized spacial score (nSPS) is 19.0. The Morgan fingerprint density at radius 3 is 1.16 bits per heavy atom. The van der Waals surface area contributed by atoms with E-state index in [-0.39, 0.29) is 12.5 Å². The van der Waals surface area contributed by atoms with E-state index >= 15 is 0 Å². The Hall–Kier alpha value is -1.33. The van der Waals surface area contributed by atoms with Crippen LogP contribution in [0.15, 0.2) is 24.3 Å². The van der Waals surface area contributed by atoms with E-state index in [1.54, 1.807) is 0 Å². The van der Waals surface area contributed by atoms with Gasteiger partial charge in [-0.05, 0) is 44.9 Å². The molecule has 0 spiro atoms. The molecule has 7 unspecified atom stereocenters. The van der Waals surface area contributed by atoms with Crippen molar-refractivity contribution in [3.8, 4) is 0 Å². The molecule has 0 aliphatic carbocycles. The van der Waals surface area contributed by atoms with Gasteiger partial charge in [0.2, 0.25) is 5.91 Å². The van der Waals surface area contributed by atoms with Crippen LogP contribution in [0.5, 0.6) is 0 Å². The standard InChI is InChI=1S/C65H125NO8/c1-3-5-7-9-11-13-15-17-19-21-23-25-26-27-28-29-30-31-32-33-34-35-37-39-41-43-45-47-49-51-53-55-61(69)66-58(57-73-65-64(72)63(71)62(70)60(56-67)74-65)59(68)54-52-50-48-46-44-42-40-38-36-24-22-20-18-16-14-12-10-8-6-4-2/h23,25,27-28,58-60,62-65,67-68,70-72H,3-22,24,26,29-57H2,1-2H3,(H,66,69)/b25-23-,28-27-. The highest BCUT2D eigenvalue weighted by Crippen LogP contribution is 2.24. The number of aliphatic hydroxyl groups excluding tert-OH is 5. The lowest BCUT2D eigenvalue weighted by atomic mass is 9.99. The minimum atomic E-state index is -1.55. The van der Waals surface area contributed by atoms with E-state index in [1.807, 2.05) is 0 Å². The first-order valence-electron chi connectivity index (χ1n) is 32.5. The maximum absolute atomic E-state index is 13.1. The van der Waals surface area contributed by atoms with Gasteiger partial charge < -0.3 is 40.3 Å². The van der Waals surface area contributed by atoms with Crippen molar-refractivity contribution in [2.24, 2.45) is 0 Å². The molecule has 1 fully saturated rings. The summed E-state index contributed by atoms with van der Waals surface area (Å²) in [5.74, 6) is -0.139. The summed E-state index contributed by atoms with van der Waals surface area (Å²) in [6.45, 7) is 3.88. The highest BCUT2D eigenvalue weighted by atomic mass is 16.7. The Balaban J connectivity index is 2.12. The van der Waals surface area contributed by atoms with Crippen molar-refractivity contribution in [1.82, 2.24) is 5.32 Å². The Bertz CT molecular complexity index is 1210. The second-order valence-corrected chi connectivity index (χ2v) is 22.9. The number of unbranched alkanes of at least 4 members (excludes halogenated alkanes) is 43. The molecule has 0 aromatic carbocycles. The van der Waals surface area contributed by atoms with Gasteiger partial charge in [0, 0.05) is 6.42 Å². The van der Waals surface area contributed by atoms with E-state index in [1.165, 1.54) is 257 Å². The molecule has 438 valence electrons. The van der Waals surface area contributed by atoms with Gasteiger partial charge in [0.1, 0.15) is 24.4 Å². The van der Waals surface area contributed by atoms with Crippen molar-refractivity contribution in [1.29, 1.82) is 0 Å². The van der Waals surface area contributed by atoms with Gasteiger partial charge in [0.05, 0.1) is 25.4 Å². The number of carbonyl (C=O) groups excluding carboxylic acids is 1. The zero-order chi connectivity index (χ0) is 53.6. The first kappa shape index (κ1) is 70.7. The first-order chi connectivity index (χ1) is 36.3. The Kier molecular flexibility index (Phi) is 52.5. The molecule has 0 bridgehead atoms. The molecular weight excluding hydrogens is 923 g/mol. The number of hydrogen-bond donors (Lipinski definition) is 6. The van der Waals surface area contributed by atoms with Crippen molar-refractivity contribution in [2.45, 2.75) is 371 Å². The maximum Gasteiger partial charge on any atom is 0.220 e. The molecular formula is C65H125NO8. The van der Waals surface area contributed by atoms with E-state index in [9.17, 15) is 30.3 Å². The van der Waals surface area contributed by atoms with Crippen molar-refractivity contribution in [3.63, 3.8) is 0 Å². The van der Waals surface area contributed by atoms with Gasteiger partial charge in [-0.1, -0.05) is 301 Å². The van der Waals surface area contributed by atoms with Crippen LogP contribution in [0.25, 0.3) is 0 Å². The zero-order valence-electron chi connectivity index (χ0n) is 48.9. The summed E-state index contributed by atoms with van der Waals surface area (Å²) in [4.78, 5) is 13.1. The summed E-state index contributed by atoms with van der Waals surface area (Å²) in [5.41, 5.74) is 0.